The van der Waals surface area contributed by atoms with Crippen molar-refractivity contribution in [2.24, 2.45) is 5.73 Å². The molecule has 3 nitrogen and oxygen atoms in total. The van der Waals surface area contributed by atoms with Gasteiger partial charge in [-0.3, -0.25) is 5.41 Å². The Labute approximate surface area is 103 Å². The van der Waals surface area contributed by atoms with E-state index in [2.05, 4.69) is 0 Å². The van der Waals surface area contributed by atoms with Crippen molar-refractivity contribution >= 4 is 17.6 Å². The molecule has 0 aliphatic rings. The van der Waals surface area contributed by atoms with Gasteiger partial charge in [-0.15, -0.1) is 11.8 Å². The van der Waals surface area contributed by atoms with Crippen molar-refractivity contribution in [2.75, 3.05) is 19.5 Å². The van der Waals surface area contributed by atoms with Gasteiger partial charge in [-0.2, -0.15) is 0 Å². The Balaban J connectivity index is 2.76. The molecule has 0 aromatic heterocycles. The molecule has 0 bridgehead atoms. The Morgan fingerprint density at radius 2 is 2.00 bits per heavy atom. The SMILES string of the molecule is COCCCSc1c(F)cc(C(=N)N)cc1F. The summed E-state index contributed by atoms with van der Waals surface area (Å²) in [6.07, 6.45) is 0.717. The maximum atomic E-state index is 13.5. The Morgan fingerprint density at radius 3 is 2.47 bits per heavy atom. The van der Waals surface area contributed by atoms with Crippen LogP contribution in [0.1, 0.15) is 12.0 Å². The van der Waals surface area contributed by atoms with Crippen LogP contribution in [0.2, 0.25) is 0 Å². The highest BCUT2D eigenvalue weighted by atomic mass is 32.2. The summed E-state index contributed by atoms with van der Waals surface area (Å²) in [4.78, 5) is -0.0360. The highest BCUT2D eigenvalue weighted by Gasteiger charge is 2.12. The molecule has 0 fully saturated rings. The van der Waals surface area contributed by atoms with Gasteiger partial charge >= 0.3 is 0 Å². The van der Waals surface area contributed by atoms with Crippen LogP contribution in [-0.4, -0.2) is 25.3 Å². The first-order valence-electron chi connectivity index (χ1n) is 5.01. The standard InChI is InChI=1S/C11H14F2N2OS/c1-16-3-2-4-17-10-8(12)5-7(11(14)15)6-9(10)13/h5-6H,2-4H2,1H3,(H3,14,15). The van der Waals surface area contributed by atoms with Crippen molar-refractivity contribution in [1.29, 1.82) is 5.41 Å². The van der Waals surface area contributed by atoms with E-state index in [0.717, 1.165) is 23.9 Å². The van der Waals surface area contributed by atoms with E-state index in [1.165, 1.54) is 0 Å². The normalized spacial score (nSPS) is 10.5. The van der Waals surface area contributed by atoms with Crippen LogP contribution >= 0.6 is 11.8 Å². The zero-order valence-corrected chi connectivity index (χ0v) is 10.2. The highest BCUT2D eigenvalue weighted by molar-refractivity contribution is 7.99. The van der Waals surface area contributed by atoms with Gasteiger partial charge < -0.3 is 10.5 Å². The second-order valence-electron chi connectivity index (χ2n) is 3.38. The van der Waals surface area contributed by atoms with Crippen LogP contribution in [0.15, 0.2) is 17.0 Å². The maximum absolute atomic E-state index is 13.5. The fourth-order valence-electron chi connectivity index (χ4n) is 1.23. The van der Waals surface area contributed by atoms with Gasteiger partial charge in [0.05, 0.1) is 4.90 Å². The van der Waals surface area contributed by atoms with Crippen molar-refractivity contribution in [2.45, 2.75) is 11.3 Å². The Hall–Kier alpha value is -1.14. The second kappa shape index (κ2) is 6.56. The number of hydrogen-bond acceptors (Lipinski definition) is 3. The van der Waals surface area contributed by atoms with Gasteiger partial charge in [0.25, 0.3) is 0 Å². The third-order valence-electron chi connectivity index (χ3n) is 2.05. The molecule has 0 radical (unpaired) electrons. The van der Waals surface area contributed by atoms with E-state index < -0.39 is 11.6 Å². The fraction of sp³-hybridized carbons (Fsp3) is 0.364. The third kappa shape index (κ3) is 3.98. The number of ether oxygens (including phenoxy) is 1. The number of nitrogens with two attached hydrogens (primary N) is 1. The van der Waals surface area contributed by atoms with Gasteiger partial charge in [-0.1, -0.05) is 0 Å². The highest BCUT2D eigenvalue weighted by Crippen LogP contribution is 2.26. The van der Waals surface area contributed by atoms with Crippen LogP contribution < -0.4 is 5.73 Å². The first-order valence-corrected chi connectivity index (χ1v) is 6.00. The number of hydrogen-bond donors (Lipinski definition) is 2. The van der Waals surface area contributed by atoms with Crippen LogP contribution in [-0.2, 0) is 4.74 Å². The molecule has 3 N–H and O–H groups in total. The average molecular weight is 260 g/mol. The summed E-state index contributed by atoms with van der Waals surface area (Å²) in [6, 6.07) is 2.15. The molecule has 6 heteroatoms. The molecule has 94 valence electrons. The predicted octanol–water partition coefficient (Wildman–Crippen LogP) is 2.38. The predicted molar refractivity (Wildman–Crippen MR) is 64.6 cm³/mol. The lowest BCUT2D eigenvalue weighted by Crippen LogP contribution is -2.12. The molecule has 1 aromatic rings. The van der Waals surface area contributed by atoms with Gasteiger partial charge in [-0.05, 0) is 18.6 Å². The van der Waals surface area contributed by atoms with Crippen molar-refractivity contribution in [3.8, 4) is 0 Å². The summed E-state index contributed by atoms with van der Waals surface area (Å²) < 4.78 is 31.9. The zero-order chi connectivity index (χ0) is 12.8. The smallest absolute Gasteiger partial charge is 0.140 e. The van der Waals surface area contributed by atoms with E-state index in [1.807, 2.05) is 0 Å². The largest absolute Gasteiger partial charge is 0.385 e. The zero-order valence-electron chi connectivity index (χ0n) is 9.43. The lowest BCUT2D eigenvalue weighted by molar-refractivity contribution is 0.200. The number of benzene rings is 1. The minimum atomic E-state index is -0.683. The molecule has 17 heavy (non-hydrogen) atoms. The summed E-state index contributed by atoms with van der Waals surface area (Å²) in [7, 11) is 1.58. The summed E-state index contributed by atoms with van der Waals surface area (Å²) in [5, 5.41) is 7.11. The van der Waals surface area contributed by atoms with Crippen molar-refractivity contribution in [1.82, 2.24) is 0 Å². The van der Waals surface area contributed by atoms with E-state index in [4.69, 9.17) is 15.9 Å². The molecule has 0 saturated carbocycles. The second-order valence-corrected chi connectivity index (χ2v) is 4.48. The Bertz CT molecular complexity index is 389. The molecule has 1 aromatic carbocycles. The van der Waals surface area contributed by atoms with Gasteiger partial charge in [-0.25, -0.2) is 8.78 Å². The fourth-order valence-corrected chi connectivity index (χ4v) is 2.09. The summed E-state index contributed by atoms with van der Waals surface area (Å²) >= 11 is 1.09. The van der Waals surface area contributed by atoms with E-state index >= 15 is 0 Å². The number of methoxy groups -OCH3 is 1. The van der Waals surface area contributed by atoms with Crippen molar-refractivity contribution < 1.29 is 13.5 Å². The minimum Gasteiger partial charge on any atom is -0.385 e. The third-order valence-corrected chi connectivity index (χ3v) is 3.22. The van der Waals surface area contributed by atoms with Gasteiger partial charge in [0.15, 0.2) is 0 Å². The van der Waals surface area contributed by atoms with E-state index in [0.29, 0.717) is 18.8 Å². The molecule has 0 aliphatic heterocycles. The average Bonchev–Trinajstić information content (AvgIpc) is 2.26. The first kappa shape index (κ1) is 13.9. The number of amidine groups is 1. The molecule has 1 rings (SSSR count). The van der Waals surface area contributed by atoms with Crippen LogP contribution in [0.5, 0.6) is 0 Å². The molecule has 0 spiro atoms. The van der Waals surface area contributed by atoms with E-state index in [9.17, 15) is 8.78 Å². The van der Waals surface area contributed by atoms with Crippen LogP contribution in [0, 0.1) is 17.0 Å². The molecule has 0 unspecified atom stereocenters. The van der Waals surface area contributed by atoms with E-state index in [-0.39, 0.29) is 16.3 Å². The summed E-state index contributed by atoms with van der Waals surface area (Å²) in [5.41, 5.74) is 5.22. The maximum Gasteiger partial charge on any atom is 0.140 e. The molecule has 0 saturated heterocycles. The monoisotopic (exact) mass is 260 g/mol. The molecule has 0 amide bonds. The van der Waals surface area contributed by atoms with E-state index in [1.54, 1.807) is 7.11 Å². The van der Waals surface area contributed by atoms with Crippen LogP contribution in [0.25, 0.3) is 0 Å². The van der Waals surface area contributed by atoms with Gasteiger partial charge in [0.1, 0.15) is 17.5 Å². The lowest BCUT2D eigenvalue weighted by Gasteiger charge is -2.07. The summed E-state index contributed by atoms with van der Waals surface area (Å²) in [6.45, 7) is 0.557. The van der Waals surface area contributed by atoms with Crippen LogP contribution in [0.3, 0.4) is 0 Å². The summed E-state index contributed by atoms with van der Waals surface area (Å²) in [5.74, 6) is -1.14. The lowest BCUT2D eigenvalue weighted by atomic mass is 10.2. The molecule has 0 aliphatic carbocycles. The number of thioether (sulfide) groups is 1. The van der Waals surface area contributed by atoms with Crippen molar-refractivity contribution in [3.05, 3.63) is 29.3 Å². The Morgan fingerprint density at radius 1 is 1.41 bits per heavy atom. The molecular formula is C11H14F2N2OS. The molecule has 0 atom stereocenters. The number of halogens is 2. The van der Waals surface area contributed by atoms with Gasteiger partial charge in [0, 0.05) is 25.0 Å². The topological polar surface area (TPSA) is 59.1 Å². The van der Waals surface area contributed by atoms with Crippen molar-refractivity contribution in [3.63, 3.8) is 0 Å². The first-order chi connectivity index (χ1) is 8.06. The molecular weight excluding hydrogens is 246 g/mol. The number of nitrogens with one attached hydrogen (secondary N) is 1. The van der Waals surface area contributed by atoms with Gasteiger partial charge in [0.2, 0.25) is 0 Å². The number of rotatable bonds is 6. The minimum absolute atomic E-state index is 0.0360. The quantitative estimate of drug-likeness (QED) is 0.357. The number of nitrogen functional groups attached to an aromatic ring is 1. The molecule has 0 heterocycles. The Kier molecular flexibility index (Phi) is 5.37. The van der Waals surface area contributed by atoms with Crippen LogP contribution in [0.4, 0.5) is 8.78 Å².